The lowest BCUT2D eigenvalue weighted by molar-refractivity contribution is -0.137. The van der Waals surface area contributed by atoms with E-state index in [4.69, 9.17) is 5.73 Å². The second-order valence-electron chi connectivity index (χ2n) is 4.48. The summed E-state index contributed by atoms with van der Waals surface area (Å²) in [6.07, 6.45) is -4.40. The smallest absolute Gasteiger partial charge is 0.399 e. The second-order valence-corrected chi connectivity index (χ2v) is 4.48. The molecule has 0 spiro atoms. The summed E-state index contributed by atoms with van der Waals surface area (Å²) >= 11 is 0. The molecule has 0 amide bonds. The molecule has 0 atom stereocenters. The molecule has 0 aliphatic rings. The molecule has 20 heavy (non-hydrogen) atoms. The van der Waals surface area contributed by atoms with Crippen LogP contribution in [0, 0.1) is 6.92 Å². The van der Waals surface area contributed by atoms with Gasteiger partial charge in [0.1, 0.15) is 0 Å². The Bertz CT molecular complexity index is 645. The number of hydrogen-bond donors (Lipinski definition) is 1. The van der Waals surface area contributed by atoms with Gasteiger partial charge in [-0.25, -0.2) is 0 Å². The molecule has 2 nitrogen and oxygen atoms in total. The Hall–Kier alpha value is -2.30. The summed E-state index contributed by atoms with van der Waals surface area (Å²) in [6, 6.07) is 8.94. The zero-order chi connectivity index (χ0) is 14.9. The fraction of sp³-hybridized carbons (Fsp3) is 0.133. The van der Waals surface area contributed by atoms with Crippen molar-refractivity contribution in [1.82, 2.24) is 0 Å². The van der Waals surface area contributed by atoms with Crippen LogP contribution in [-0.4, -0.2) is 5.78 Å². The lowest BCUT2D eigenvalue weighted by atomic mass is 10.00. The van der Waals surface area contributed by atoms with Gasteiger partial charge in [0.2, 0.25) is 0 Å². The Morgan fingerprint density at radius 3 is 2.05 bits per heavy atom. The second kappa shape index (κ2) is 5.00. The standard InChI is InChI=1S/C15H12F3NO/c1-9-8-11(4-7-13(9)19)14(20)10-2-5-12(6-3-10)15(16,17)18/h2-8H,19H2,1H3. The van der Waals surface area contributed by atoms with E-state index in [9.17, 15) is 18.0 Å². The monoisotopic (exact) mass is 279 g/mol. The number of halogens is 3. The van der Waals surface area contributed by atoms with Gasteiger partial charge in [0.05, 0.1) is 5.56 Å². The van der Waals surface area contributed by atoms with E-state index < -0.39 is 11.7 Å². The van der Waals surface area contributed by atoms with Crippen molar-refractivity contribution in [3.8, 4) is 0 Å². The largest absolute Gasteiger partial charge is 0.416 e. The fourth-order valence-electron chi connectivity index (χ4n) is 1.79. The maximum Gasteiger partial charge on any atom is 0.416 e. The zero-order valence-corrected chi connectivity index (χ0v) is 10.7. The number of hydrogen-bond acceptors (Lipinski definition) is 2. The molecule has 0 bridgehead atoms. The topological polar surface area (TPSA) is 43.1 Å². The van der Waals surface area contributed by atoms with Crippen molar-refractivity contribution in [3.05, 3.63) is 64.7 Å². The Balaban J connectivity index is 2.31. The first kappa shape index (κ1) is 14.1. The number of benzene rings is 2. The number of aryl methyl sites for hydroxylation is 1. The van der Waals surface area contributed by atoms with Crippen molar-refractivity contribution >= 4 is 11.5 Å². The Labute approximate surface area is 114 Å². The molecule has 104 valence electrons. The van der Waals surface area contributed by atoms with Crippen LogP contribution in [0.3, 0.4) is 0 Å². The molecule has 0 saturated carbocycles. The average Bonchev–Trinajstić information content (AvgIpc) is 2.40. The molecule has 2 aromatic carbocycles. The van der Waals surface area contributed by atoms with Crippen LogP contribution >= 0.6 is 0 Å². The van der Waals surface area contributed by atoms with E-state index in [1.165, 1.54) is 12.1 Å². The Kier molecular flexibility index (Phi) is 3.53. The predicted octanol–water partition coefficient (Wildman–Crippen LogP) is 3.83. The molecule has 0 heterocycles. The van der Waals surface area contributed by atoms with Gasteiger partial charge in [0, 0.05) is 16.8 Å². The highest BCUT2D eigenvalue weighted by Crippen LogP contribution is 2.29. The van der Waals surface area contributed by atoms with Crippen LogP contribution in [0.1, 0.15) is 27.0 Å². The molecule has 0 aliphatic carbocycles. The third-order valence-corrected chi connectivity index (χ3v) is 3.01. The highest BCUT2D eigenvalue weighted by molar-refractivity contribution is 6.09. The van der Waals surface area contributed by atoms with Crippen molar-refractivity contribution in [2.24, 2.45) is 0 Å². The van der Waals surface area contributed by atoms with Gasteiger partial charge in [0.15, 0.2) is 5.78 Å². The molecule has 2 rings (SSSR count). The summed E-state index contributed by atoms with van der Waals surface area (Å²) in [5.41, 5.74) is 6.81. The number of carbonyl (C=O) groups excluding carboxylic acids is 1. The van der Waals surface area contributed by atoms with Gasteiger partial charge < -0.3 is 5.73 Å². The molecule has 0 fully saturated rings. The maximum atomic E-state index is 12.4. The molecule has 0 aliphatic heterocycles. The van der Waals surface area contributed by atoms with Crippen LogP contribution in [0.4, 0.5) is 18.9 Å². The van der Waals surface area contributed by atoms with Gasteiger partial charge in [0.25, 0.3) is 0 Å². The molecular formula is C15H12F3NO. The van der Waals surface area contributed by atoms with E-state index in [2.05, 4.69) is 0 Å². The SMILES string of the molecule is Cc1cc(C(=O)c2ccc(C(F)(F)F)cc2)ccc1N. The van der Waals surface area contributed by atoms with E-state index in [1.807, 2.05) is 0 Å². The third-order valence-electron chi connectivity index (χ3n) is 3.01. The van der Waals surface area contributed by atoms with E-state index in [0.717, 1.165) is 17.7 Å². The minimum Gasteiger partial charge on any atom is -0.399 e. The van der Waals surface area contributed by atoms with Crippen molar-refractivity contribution in [2.75, 3.05) is 5.73 Å². The molecule has 5 heteroatoms. The molecule has 2 aromatic rings. The van der Waals surface area contributed by atoms with Crippen LogP contribution in [0.2, 0.25) is 0 Å². The predicted molar refractivity (Wildman–Crippen MR) is 70.5 cm³/mol. The number of nitrogens with two attached hydrogens (primary N) is 1. The van der Waals surface area contributed by atoms with Crippen LogP contribution in [0.25, 0.3) is 0 Å². The fourth-order valence-corrected chi connectivity index (χ4v) is 1.79. The molecular weight excluding hydrogens is 267 g/mol. The Morgan fingerprint density at radius 2 is 1.55 bits per heavy atom. The Morgan fingerprint density at radius 1 is 1.00 bits per heavy atom. The lowest BCUT2D eigenvalue weighted by Crippen LogP contribution is -2.07. The quantitative estimate of drug-likeness (QED) is 0.670. The number of nitrogen functional groups attached to an aromatic ring is 1. The number of alkyl halides is 3. The highest BCUT2D eigenvalue weighted by atomic mass is 19.4. The van der Waals surface area contributed by atoms with Gasteiger partial charge in [-0.05, 0) is 42.8 Å². The van der Waals surface area contributed by atoms with E-state index in [0.29, 0.717) is 11.3 Å². The minimum atomic E-state index is -4.40. The molecule has 0 saturated heterocycles. The van der Waals surface area contributed by atoms with Crippen LogP contribution < -0.4 is 5.73 Å². The zero-order valence-electron chi connectivity index (χ0n) is 10.7. The molecule has 0 unspecified atom stereocenters. The van der Waals surface area contributed by atoms with Crippen LogP contribution in [-0.2, 0) is 6.18 Å². The first-order valence-corrected chi connectivity index (χ1v) is 5.87. The lowest BCUT2D eigenvalue weighted by Gasteiger charge is -2.08. The number of ketones is 1. The van der Waals surface area contributed by atoms with E-state index >= 15 is 0 Å². The summed E-state index contributed by atoms with van der Waals surface area (Å²) in [5, 5.41) is 0. The summed E-state index contributed by atoms with van der Waals surface area (Å²) in [4.78, 5) is 12.1. The summed E-state index contributed by atoms with van der Waals surface area (Å²) in [6.45, 7) is 1.76. The third kappa shape index (κ3) is 2.82. The van der Waals surface area contributed by atoms with E-state index in [-0.39, 0.29) is 11.3 Å². The van der Waals surface area contributed by atoms with Crippen LogP contribution in [0.15, 0.2) is 42.5 Å². The first-order chi connectivity index (χ1) is 9.29. The van der Waals surface area contributed by atoms with Gasteiger partial charge in [-0.2, -0.15) is 13.2 Å². The van der Waals surface area contributed by atoms with Gasteiger partial charge in [-0.3, -0.25) is 4.79 Å². The highest BCUT2D eigenvalue weighted by Gasteiger charge is 2.30. The summed E-state index contributed by atoms with van der Waals surface area (Å²) in [5.74, 6) is -0.332. The van der Waals surface area contributed by atoms with Gasteiger partial charge in [-0.1, -0.05) is 12.1 Å². The average molecular weight is 279 g/mol. The number of rotatable bonds is 2. The van der Waals surface area contributed by atoms with Crippen molar-refractivity contribution in [2.45, 2.75) is 13.1 Å². The van der Waals surface area contributed by atoms with Crippen LogP contribution in [0.5, 0.6) is 0 Å². The molecule has 2 N–H and O–H groups in total. The van der Waals surface area contributed by atoms with Crippen molar-refractivity contribution in [1.29, 1.82) is 0 Å². The number of carbonyl (C=O) groups is 1. The molecule has 0 radical (unpaired) electrons. The first-order valence-electron chi connectivity index (χ1n) is 5.87. The normalized spacial score (nSPS) is 11.4. The van der Waals surface area contributed by atoms with Crippen molar-refractivity contribution < 1.29 is 18.0 Å². The van der Waals surface area contributed by atoms with Gasteiger partial charge >= 0.3 is 6.18 Å². The molecule has 0 aromatic heterocycles. The summed E-state index contributed by atoms with van der Waals surface area (Å²) < 4.78 is 37.3. The maximum absolute atomic E-state index is 12.4. The van der Waals surface area contributed by atoms with Gasteiger partial charge in [-0.15, -0.1) is 0 Å². The number of anilines is 1. The van der Waals surface area contributed by atoms with E-state index in [1.54, 1.807) is 25.1 Å². The minimum absolute atomic E-state index is 0.210. The van der Waals surface area contributed by atoms with Crippen molar-refractivity contribution in [3.63, 3.8) is 0 Å². The summed E-state index contributed by atoms with van der Waals surface area (Å²) in [7, 11) is 0.